The molecular weight excluding hydrogens is 544 g/mol. The van der Waals surface area contributed by atoms with Crippen LogP contribution in [0.2, 0.25) is 0 Å². The lowest BCUT2D eigenvalue weighted by Crippen LogP contribution is -1.94. The second kappa shape index (κ2) is 13.2. The van der Waals surface area contributed by atoms with Gasteiger partial charge in [-0.1, -0.05) is 59.1 Å². The molecule has 4 aromatic carbocycles. The molecule has 41 heavy (non-hydrogen) atoms. The molecule has 0 aliphatic rings. The van der Waals surface area contributed by atoms with Crippen molar-refractivity contribution in [1.29, 1.82) is 0 Å². The van der Waals surface area contributed by atoms with E-state index >= 15 is 0 Å². The first kappa shape index (κ1) is 28.8. The Morgan fingerprint density at radius 1 is 0.780 bits per heavy atom. The number of halogens is 1. The third-order valence-electron chi connectivity index (χ3n) is 5.96. The summed E-state index contributed by atoms with van der Waals surface area (Å²) in [5.41, 5.74) is 5.86. The standard InChI is InChI=1S/C15H13ClN2O2.C15H12N4O2/c1-11-2-4-12(5-3-11)10-17-15(16)13-6-8-14(9-7-13)18(19)20;1-11-2-6-13(7-3-11)18-10-16-15(17-18)12-4-8-14(9-5-12)19(20)21/h2-9H,10H2,1H3;2-10H,1H3. The second-order valence-corrected chi connectivity index (χ2v) is 9.41. The number of nitrogens with zero attached hydrogens (tertiary/aromatic N) is 6. The topological polar surface area (TPSA) is 129 Å². The first-order chi connectivity index (χ1) is 19.7. The number of aliphatic imine (C=N–C) groups is 1. The average molecular weight is 569 g/mol. The zero-order valence-corrected chi connectivity index (χ0v) is 23.0. The number of rotatable bonds is 7. The number of aromatic nitrogens is 3. The lowest BCUT2D eigenvalue weighted by molar-refractivity contribution is -0.385. The highest BCUT2D eigenvalue weighted by atomic mass is 35.5. The van der Waals surface area contributed by atoms with E-state index in [0.29, 0.717) is 23.1 Å². The average Bonchev–Trinajstić information content (AvgIpc) is 3.48. The van der Waals surface area contributed by atoms with Crippen LogP contribution in [-0.2, 0) is 6.54 Å². The molecule has 1 aromatic heterocycles. The van der Waals surface area contributed by atoms with Crippen LogP contribution < -0.4 is 0 Å². The minimum atomic E-state index is -0.443. The Labute approximate surface area is 240 Å². The van der Waals surface area contributed by atoms with Crippen molar-refractivity contribution < 1.29 is 9.85 Å². The van der Waals surface area contributed by atoms with Gasteiger partial charge in [0.05, 0.1) is 22.1 Å². The van der Waals surface area contributed by atoms with Crippen LogP contribution >= 0.6 is 11.6 Å². The molecule has 0 aliphatic heterocycles. The lowest BCUT2D eigenvalue weighted by atomic mass is 10.1. The minimum Gasteiger partial charge on any atom is -0.268 e. The van der Waals surface area contributed by atoms with E-state index in [1.54, 1.807) is 35.3 Å². The van der Waals surface area contributed by atoms with E-state index in [1.807, 2.05) is 62.4 Å². The summed E-state index contributed by atoms with van der Waals surface area (Å²) in [6.45, 7) is 4.53. The van der Waals surface area contributed by atoms with Gasteiger partial charge in [-0.2, -0.15) is 0 Å². The Hall–Kier alpha value is -5.22. The normalized spacial score (nSPS) is 11.0. The molecule has 0 unspecified atom stereocenters. The van der Waals surface area contributed by atoms with Gasteiger partial charge in [0.1, 0.15) is 11.5 Å². The number of hydrogen-bond acceptors (Lipinski definition) is 7. The maximum absolute atomic E-state index is 10.6. The fourth-order valence-corrected chi connectivity index (χ4v) is 3.80. The molecule has 1 heterocycles. The van der Waals surface area contributed by atoms with Crippen molar-refractivity contribution in [2.75, 3.05) is 0 Å². The molecule has 11 heteroatoms. The summed E-state index contributed by atoms with van der Waals surface area (Å²) in [6, 6.07) is 28.2. The van der Waals surface area contributed by atoms with E-state index in [9.17, 15) is 20.2 Å². The van der Waals surface area contributed by atoms with Gasteiger partial charge in [-0.05, 0) is 55.8 Å². The van der Waals surface area contributed by atoms with Gasteiger partial charge >= 0.3 is 0 Å². The molecule has 0 radical (unpaired) electrons. The molecule has 0 bridgehead atoms. The van der Waals surface area contributed by atoms with E-state index in [2.05, 4.69) is 15.1 Å². The Bertz CT molecular complexity index is 1660. The Morgan fingerprint density at radius 3 is 1.83 bits per heavy atom. The summed E-state index contributed by atoms with van der Waals surface area (Å²) in [7, 11) is 0. The Balaban J connectivity index is 0.000000189. The molecule has 0 atom stereocenters. The lowest BCUT2D eigenvalue weighted by Gasteiger charge is -2.01. The Kier molecular flexibility index (Phi) is 9.28. The zero-order chi connectivity index (χ0) is 29.4. The minimum absolute atomic E-state index is 0.0387. The highest BCUT2D eigenvalue weighted by molar-refractivity contribution is 6.69. The van der Waals surface area contributed by atoms with Gasteiger partial charge < -0.3 is 0 Å². The van der Waals surface area contributed by atoms with E-state index in [4.69, 9.17) is 11.6 Å². The second-order valence-electron chi connectivity index (χ2n) is 9.05. The molecule has 0 saturated carbocycles. The van der Waals surface area contributed by atoms with Crippen LogP contribution in [0.15, 0.2) is 108 Å². The van der Waals surface area contributed by atoms with E-state index in [1.165, 1.54) is 35.4 Å². The quantitative estimate of drug-likeness (QED) is 0.115. The summed E-state index contributed by atoms with van der Waals surface area (Å²) in [6.07, 6.45) is 1.63. The van der Waals surface area contributed by atoms with Crippen molar-refractivity contribution in [3.8, 4) is 17.1 Å². The van der Waals surface area contributed by atoms with Crippen LogP contribution in [0.4, 0.5) is 11.4 Å². The molecule has 5 aromatic rings. The van der Waals surface area contributed by atoms with Crippen molar-refractivity contribution in [2.45, 2.75) is 20.4 Å². The van der Waals surface area contributed by atoms with Crippen LogP contribution in [0.25, 0.3) is 17.1 Å². The monoisotopic (exact) mass is 568 g/mol. The number of nitro benzene ring substituents is 2. The summed E-state index contributed by atoms with van der Waals surface area (Å²) < 4.78 is 1.68. The zero-order valence-electron chi connectivity index (χ0n) is 22.2. The van der Waals surface area contributed by atoms with Crippen molar-refractivity contribution in [1.82, 2.24) is 14.8 Å². The van der Waals surface area contributed by atoms with Gasteiger partial charge in [0, 0.05) is 35.4 Å². The predicted octanol–water partition coefficient (Wildman–Crippen LogP) is 7.24. The maximum atomic E-state index is 10.6. The molecule has 0 amide bonds. The number of aryl methyl sites for hydroxylation is 2. The largest absolute Gasteiger partial charge is 0.269 e. The molecule has 0 N–H and O–H groups in total. The first-order valence-electron chi connectivity index (χ1n) is 12.4. The van der Waals surface area contributed by atoms with E-state index in [-0.39, 0.29) is 11.4 Å². The van der Waals surface area contributed by atoms with E-state index in [0.717, 1.165) is 16.8 Å². The molecule has 5 rings (SSSR count). The molecule has 0 spiro atoms. The fraction of sp³-hybridized carbons (Fsp3) is 0.100. The van der Waals surface area contributed by atoms with Crippen molar-refractivity contribution in [3.05, 3.63) is 146 Å². The number of nitro groups is 2. The summed E-state index contributed by atoms with van der Waals surface area (Å²) in [4.78, 5) is 28.8. The maximum Gasteiger partial charge on any atom is 0.269 e. The summed E-state index contributed by atoms with van der Waals surface area (Å²) in [5, 5.41) is 25.9. The van der Waals surface area contributed by atoms with Gasteiger partial charge in [-0.3, -0.25) is 25.2 Å². The van der Waals surface area contributed by atoms with Gasteiger partial charge in [0.2, 0.25) is 0 Å². The Morgan fingerprint density at radius 2 is 1.29 bits per heavy atom. The number of non-ortho nitro benzene ring substituents is 2. The number of benzene rings is 4. The van der Waals surface area contributed by atoms with Crippen molar-refractivity contribution >= 4 is 28.1 Å². The molecule has 0 aliphatic carbocycles. The SMILES string of the molecule is Cc1ccc(-n2cnc(-c3ccc([N+](=O)[O-])cc3)n2)cc1.Cc1ccc(CN=C(Cl)c2ccc([N+](=O)[O-])cc2)cc1. The summed E-state index contributed by atoms with van der Waals surface area (Å²) in [5.74, 6) is 0.533. The highest BCUT2D eigenvalue weighted by Crippen LogP contribution is 2.20. The van der Waals surface area contributed by atoms with Gasteiger partial charge in [-0.25, -0.2) is 9.67 Å². The molecule has 10 nitrogen and oxygen atoms in total. The molecule has 206 valence electrons. The van der Waals surface area contributed by atoms with Crippen molar-refractivity contribution in [2.24, 2.45) is 4.99 Å². The predicted molar refractivity (Wildman–Crippen MR) is 159 cm³/mol. The number of hydrogen-bond donors (Lipinski definition) is 0. The van der Waals surface area contributed by atoms with Crippen molar-refractivity contribution in [3.63, 3.8) is 0 Å². The molecule has 0 saturated heterocycles. The van der Waals surface area contributed by atoms with Gasteiger partial charge in [-0.15, -0.1) is 5.10 Å². The highest BCUT2D eigenvalue weighted by Gasteiger charge is 2.09. The van der Waals surface area contributed by atoms with Gasteiger partial charge in [0.15, 0.2) is 5.82 Å². The third-order valence-corrected chi connectivity index (χ3v) is 6.30. The van der Waals surface area contributed by atoms with Crippen LogP contribution in [0.3, 0.4) is 0 Å². The van der Waals surface area contributed by atoms with Gasteiger partial charge in [0.25, 0.3) is 11.4 Å². The smallest absolute Gasteiger partial charge is 0.268 e. The van der Waals surface area contributed by atoms with Crippen LogP contribution in [0.1, 0.15) is 22.3 Å². The van der Waals surface area contributed by atoms with Crippen LogP contribution in [-0.4, -0.2) is 29.8 Å². The van der Waals surface area contributed by atoms with Crippen LogP contribution in [0.5, 0.6) is 0 Å². The summed E-state index contributed by atoms with van der Waals surface area (Å²) >= 11 is 6.10. The van der Waals surface area contributed by atoms with E-state index < -0.39 is 9.85 Å². The fourth-order valence-electron chi connectivity index (χ4n) is 3.62. The molecule has 0 fully saturated rings. The molecular formula is C30H25ClN6O4. The third kappa shape index (κ3) is 7.90. The van der Waals surface area contributed by atoms with Crippen LogP contribution in [0, 0.1) is 34.1 Å². The first-order valence-corrected chi connectivity index (χ1v) is 12.8.